The van der Waals surface area contributed by atoms with E-state index in [9.17, 15) is 4.79 Å². The summed E-state index contributed by atoms with van der Waals surface area (Å²) in [6.07, 6.45) is 3.27. The van der Waals surface area contributed by atoms with E-state index in [1.165, 1.54) is 0 Å². The number of carbonyl (C=O) groups is 1. The zero-order chi connectivity index (χ0) is 12.9. The molecule has 7 heteroatoms. The van der Waals surface area contributed by atoms with Crippen molar-refractivity contribution >= 4 is 47.7 Å². The Morgan fingerprint density at radius 2 is 2.00 bits per heavy atom. The van der Waals surface area contributed by atoms with E-state index in [2.05, 4.69) is 21.9 Å². The Bertz CT molecular complexity index is 240. The van der Waals surface area contributed by atoms with Gasteiger partial charge in [-0.2, -0.15) is 11.8 Å². The minimum atomic E-state index is -0.139. The molecule has 0 amide bonds. The van der Waals surface area contributed by atoms with Crippen molar-refractivity contribution in [1.82, 2.24) is 10.6 Å². The number of rotatable bonds is 8. The van der Waals surface area contributed by atoms with E-state index in [0.29, 0.717) is 13.0 Å². The number of carbonyl (C=O) groups excluding carboxylic acids is 1. The normalized spacial score (nSPS) is 10.5. The molecule has 0 heterocycles. The van der Waals surface area contributed by atoms with Crippen molar-refractivity contribution in [2.45, 2.75) is 19.8 Å². The summed E-state index contributed by atoms with van der Waals surface area (Å²) < 4.78 is 4.84. The first kappa shape index (κ1) is 20.1. The van der Waals surface area contributed by atoms with Crippen molar-refractivity contribution in [3.05, 3.63) is 0 Å². The van der Waals surface area contributed by atoms with Gasteiger partial charge >= 0.3 is 5.97 Å². The lowest BCUT2D eigenvalue weighted by Crippen LogP contribution is -2.38. The molecule has 18 heavy (non-hydrogen) atoms. The van der Waals surface area contributed by atoms with Gasteiger partial charge in [0, 0.05) is 32.3 Å². The van der Waals surface area contributed by atoms with Gasteiger partial charge in [-0.05, 0) is 19.6 Å². The summed E-state index contributed by atoms with van der Waals surface area (Å²) in [6, 6.07) is 0. The molecule has 0 aliphatic carbocycles. The van der Waals surface area contributed by atoms with Crippen molar-refractivity contribution in [2.75, 3.05) is 38.8 Å². The lowest BCUT2D eigenvalue weighted by atomic mass is 10.3. The van der Waals surface area contributed by atoms with Gasteiger partial charge in [0.1, 0.15) is 0 Å². The first-order valence-electron chi connectivity index (χ1n) is 5.83. The van der Waals surface area contributed by atoms with E-state index in [1.807, 2.05) is 6.92 Å². The summed E-state index contributed by atoms with van der Waals surface area (Å²) >= 11 is 1.79. The topological polar surface area (TPSA) is 62.7 Å². The molecular weight excluding hydrogens is 365 g/mol. The summed E-state index contributed by atoms with van der Waals surface area (Å²) in [5, 5.41) is 6.33. The summed E-state index contributed by atoms with van der Waals surface area (Å²) in [6.45, 7) is 3.87. The van der Waals surface area contributed by atoms with Crippen LogP contribution in [0.3, 0.4) is 0 Å². The Hall–Kier alpha value is -0.180. The predicted molar refractivity (Wildman–Crippen MR) is 89.0 cm³/mol. The lowest BCUT2D eigenvalue weighted by Gasteiger charge is -2.10. The van der Waals surface area contributed by atoms with Crippen molar-refractivity contribution in [2.24, 2.45) is 4.99 Å². The average Bonchev–Trinajstić information content (AvgIpc) is 2.32. The molecule has 0 bridgehead atoms. The largest absolute Gasteiger partial charge is 0.466 e. The minimum absolute atomic E-state index is 0. The van der Waals surface area contributed by atoms with Gasteiger partial charge in [0.15, 0.2) is 5.96 Å². The van der Waals surface area contributed by atoms with Crippen LogP contribution in [-0.2, 0) is 9.53 Å². The predicted octanol–water partition coefficient (Wildman–Crippen LogP) is 1.48. The van der Waals surface area contributed by atoms with Gasteiger partial charge in [-0.25, -0.2) is 0 Å². The summed E-state index contributed by atoms with van der Waals surface area (Å²) in [5.74, 6) is 1.69. The molecule has 0 aliphatic heterocycles. The maximum Gasteiger partial charge on any atom is 0.305 e. The van der Waals surface area contributed by atoms with Crippen LogP contribution in [0.15, 0.2) is 4.99 Å². The molecule has 0 atom stereocenters. The van der Waals surface area contributed by atoms with Gasteiger partial charge in [0.2, 0.25) is 0 Å². The number of nitrogens with one attached hydrogen (secondary N) is 2. The number of esters is 1. The molecule has 0 aromatic carbocycles. The fourth-order valence-corrected chi connectivity index (χ4v) is 1.47. The van der Waals surface area contributed by atoms with Crippen LogP contribution in [0.1, 0.15) is 19.8 Å². The van der Waals surface area contributed by atoms with E-state index >= 15 is 0 Å². The third-order valence-corrected chi connectivity index (χ3v) is 2.59. The molecule has 0 aromatic rings. The second-order valence-corrected chi connectivity index (χ2v) is 4.31. The SMILES string of the molecule is CCOC(=O)CCCNC(=NC)NCCSC.I. The first-order valence-corrected chi connectivity index (χ1v) is 7.23. The van der Waals surface area contributed by atoms with Crippen molar-refractivity contribution in [1.29, 1.82) is 0 Å². The summed E-state index contributed by atoms with van der Waals surface area (Å²) in [5.41, 5.74) is 0. The molecule has 0 rings (SSSR count). The van der Waals surface area contributed by atoms with Crippen LogP contribution in [0.2, 0.25) is 0 Å². The molecular formula is C11H24IN3O2S. The van der Waals surface area contributed by atoms with Crippen LogP contribution in [0.25, 0.3) is 0 Å². The minimum Gasteiger partial charge on any atom is -0.466 e. The molecule has 0 spiro atoms. The van der Waals surface area contributed by atoms with Crippen LogP contribution < -0.4 is 10.6 Å². The third kappa shape index (κ3) is 12.3. The highest BCUT2D eigenvalue weighted by Crippen LogP contribution is 1.91. The van der Waals surface area contributed by atoms with E-state index in [1.54, 1.807) is 18.8 Å². The number of halogens is 1. The average molecular weight is 389 g/mol. The number of nitrogens with zero attached hydrogens (tertiary/aromatic N) is 1. The monoisotopic (exact) mass is 389 g/mol. The van der Waals surface area contributed by atoms with Gasteiger partial charge in [0.25, 0.3) is 0 Å². The second-order valence-electron chi connectivity index (χ2n) is 3.33. The fraction of sp³-hybridized carbons (Fsp3) is 0.818. The maximum atomic E-state index is 11.1. The van der Waals surface area contributed by atoms with E-state index in [4.69, 9.17) is 4.74 Å². The van der Waals surface area contributed by atoms with E-state index in [0.717, 1.165) is 31.2 Å². The van der Waals surface area contributed by atoms with Gasteiger partial charge in [-0.1, -0.05) is 0 Å². The molecule has 0 saturated carbocycles. The number of hydrogen-bond acceptors (Lipinski definition) is 4. The van der Waals surface area contributed by atoms with Gasteiger partial charge in [-0.15, -0.1) is 24.0 Å². The second kappa shape index (κ2) is 14.9. The number of thioether (sulfide) groups is 1. The quantitative estimate of drug-likeness (QED) is 0.217. The van der Waals surface area contributed by atoms with E-state index in [-0.39, 0.29) is 29.9 Å². The molecule has 108 valence electrons. The molecule has 0 radical (unpaired) electrons. The fourth-order valence-electron chi connectivity index (χ4n) is 1.16. The van der Waals surface area contributed by atoms with E-state index < -0.39 is 0 Å². The Balaban J connectivity index is 0. The highest BCUT2D eigenvalue weighted by molar-refractivity contribution is 14.0. The molecule has 2 N–H and O–H groups in total. The van der Waals surface area contributed by atoms with Crippen LogP contribution in [-0.4, -0.2) is 50.7 Å². The molecule has 0 unspecified atom stereocenters. The Kier molecular flexibility index (Phi) is 16.7. The Morgan fingerprint density at radius 3 is 2.56 bits per heavy atom. The highest BCUT2D eigenvalue weighted by Gasteiger charge is 2.01. The molecule has 0 fully saturated rings. The Labute approximate surface area is 131 Å². The zero-order valence-electron chi connectivity index (χ0n) is 11.3. The van der Waals surface area contributed by atoms with Crippen LogP contribution >= 0.6 is 35.7 Å². The molecule has 0 aromatic heterocycles. The van der Waals surface area contributed by atoms with Crippen molar-refractivity contribution < 1.29 is 9.53 Å². The molecule has 5 nitrogen and oxygen atoms in total. The lowest BCUT2D eigenvalue weighted by molar-refractivity contribution is -0.143. The number of aliphatic imine (C=N–C) groups is 1. The maximum absolute atomic E-state index is 11.1. The molecule has 0 aliphatic rings. The standard InChI is InChI=1S/C11H23N3O2S.HI/c1-4-16-10(15)6-5-7-13-11(12-2)14-8-9-17-3;/h4-9H2,1-3H3,(H2,12,13,14);1H. The summed E-state index contributed by atoms with van der Waals surface area (Å²) in [7, 11) is 1.74. The highest BCUT2D eigenvalue weighted by atomic mass is 127. The smallest absolute Gasteiger partial charge is 0.305 e. The number of guanidine groups is 1. The van der Waals surface area contributed by atoms with Crippen LogP contribution in [0.5, 0.6) is 0 Å². The van der Waals surface area contributed by atoms with Gasteiger partial charge in [-0.3, -0.25) is 9.79 Å². The van der Waals surface area contributed by atoms with Crippen LogP contribution in [0, 0.1) is 0 Å². The van der Waals surface area contributed by atoms with Gasteiger partial charge in [0.05, 0.1) is 6.61 Å². The van der Waals surface area contributed by atoms with Crippen LogP contribution in [0.4, 0.5) is 0 Å². The summed E-state index contributed by atoms with van der Waals surface area (Å²) in [4.78, 5) is 15.2. The Morgan fingerprint density at radius 1 is 1.33 bits per heavy atom. The number of hydrogen-bond donors (Lipinski definition) is 2. The third-order valence-electron chi connectivity index (χ3n) is 1.98. The number of ether oxygens (including phenoxy) is 1. The first-order chi connectivity index (χ1) is 8.24. The van der Waals surface area contributed by atoms with Crippen molar-refractivity contribution in [3.63, 3.8) is 0 Å². The zero-order valence-corrected chi connectivity index (χ0v) is 14.5. The van der Waals surface area contributed by atoms with Crippen molar-refractivity contribution in [3.8, 4) is 0 Å². The molecule has 0 saturated heterocycles. The van der Waals surface area contributed by atoms with Gasteiger partial charge < -0.3 is 15.4 Å².